The zero-order valence-corrected chi connectivity index (χ0v) is 20.5. The predicted octanol–water partition coefficient (Wildman–Crippen LogP) is 5.57. The second-order valence-corrected chi connectivity index (χ2v) is 10.6. The number of aromatic nitrogens is 2. The minimum Gasteiger partial charge on any atom is -0.326 e. The number of benzene rings is 1. The summed E-state index contributed by atoms with van der Waals surface area (Å²) in [4.78, 5) is 32.7. The molecule has 0 saturated heterocycles. The summed E-state index contributed by atoms with van der Waals surface area (Å²) in [6, 6.07) is 4.17. The molecule has 0 atom stereocenters. The molecule has 2 heterocycles. The number of hydrogen-bond donors (Lipinski definition) is 1. The smallest absolute Gasteiger partial charge is 0.263 e. The zero-order chi connectivity index (χ0) is 22.8. The van der Waals surface area contributed by atoms with E-state index >= 15 is 0 Å². The Hall–Kier alpha value is -2.38. The van der Waals surface area contributed by atoms with Crippen LogP contribution in [0, 0.1) is 20.8 Å². The monoisotopic (exact) mass is 467 g/mol. The third-order valence-corrected chi connectivity index (χ3v) is 8.07. The molecular formula is C25H29N3O2S2. The van der Waals surface area contributed by atoms with Gasteiger partial charge in [0.2, 0.25) is 5.91 Å². The van der Waals surface area contributed by atoms with Crippen LogP contribution in [0.4, 0.5) is 5.69 Å². The lowest BCUT2D eigenvalue weighted by molar-refractivity contribution is -0.116. The molecule has 5 nitrogen and oxygen atoms in total. The molecule has 0 fully saturated rings. The Kier molecular flexibility index (Phi) is 6.86. The average Bonchev–Trinajstić information content (AvgIpc) is 3.31. The van der Waals surface area contributed by atoms with E-state index in [1.54, 1.807) is 33.7 Å². The van der Waals surface area contributed by atoms with Crippen LogP contribution in [0.5, 0.6) is 0 Å². The maximum absolute atomic E-state index is 13.2. The van der Waals surface area contributed by atoms with Crippen molar-refractivity contribution in [2.45, 2.75) is 64.6 Å². The van der Waals surface area contributed by atoms with Crippen LogP contribution in [-0.2, 0) is 24.2 Å². The van der Waals surface area contributed by atoms with Crippen molar-refractivity contribution in [1.82, 2.24) is 9.55 Å². The average molecular weight is 468 g/mol. The minimum absolute atomic E-state index is 0.0160. The molecule has 0 saturated carbocycles. The zero-order valence-electron chi connectivity index (χ0n) is 18.9. The third-order valence-electron chi connectivity index (χ3n) is 5.82. The van der Waals surface area contributed by atoms with E-state index in [0.29, 0.717) is 24.5 Å². The molecule has 2 aromatic heterocycles. The SMILES string of the molecule is C=CCn1c(SCCCC(=O)Nc2c(C)cc(C)cc2C)nc2sc3c(c2c1=O)CCC3. The van der Waals surface area contributed by atoms with Gasteiger partial charge in [-0.15, -0.1) is 17.9 Å². The van der Waals surface area contributed by atoms with Gasteiger partial charge in [-0.05, 0) is 63.1 Å². The largest absolute Gasteiger partial charge is 0.326 e. The first-order valence-electron chi connectivity index (χ1n) is 11.1. The van der Waals surface area contributed by atoms with Crippen molar-refractivity contribution in [3.63, 3.8) is 0 Å². The number of rotatable bonds is 8. The molecule has 1 amide bonds. The predicted molar refractivity (Wildman–Crippen MR) is 135 cm³/mol. The highest BCUT2D eigenvalue weighted by Crippen LogP contribution is 2.35. The van der Waals surface area contributed by atoms with Gasteiger partial charge in [0, 0.05) is 29.3 Å². The first-order chi connectivity index (χ1) is 15.4. The van der Waals surface area contributed by atoms with E-state index in [4.69, 9.17) is 4.98 Å². The van der Waals surface area contributed by atoms with Crippen LogP contribution in [0.15, 0.2) is 34.7 Å². The van der Waals surface area contributed by atoms with Gasteiger partial charge in [-0.25, -0.2) is 4.98 Å². The lowest BCUT2D eigenvalue weighted by Gasteiger charge is -2.13. The fraction of sp³-hybridized carbons (Fsp3) is 0.400. The van der Waals surface area contributed by atoms with Crippen molar-refractivity contribution >= 4 is 44.9 Å². The van der Waals surface area contributed by atoms with Gasteiger partial charge in [0.05, 0.1) is 5.39 Å². The number of carbonyl (C=O) groups is 1. The van der Waals surface area contributed by atoms with Crippen LogP contribution in [0.1, 0.15) is 46.4 Å². The van der Waals surface area contributed by atoms with Gasteiger partial charge in [0.25, 0.3) is 5.56 Å². The standard InChI is InChI=1S/C25H29N3O2S2/c1-5-11-28-24(30)21-18-8-6-9-19(18)32-23(21)27-25(28)31-12-7-10-20(29)26-22-16(3)13-15(2)14-17(22)4/h5,13-14H,1,6-12H2,2-4H3,(H,26,29). The summed E-state index contributed by atoms with van der Waals surface area (Å²) in [7, 11) is 0. The molecule has 4 rings (SSSR count). The number of anilines is 1. The maximum Gasteiger partial charge on any atom is 0.263 e. The van der Waals surface area contributed by atoms with Crippen molar-refractivity contribution in [2.24, 2.45) is 0 Å². The lowest BCUT2D eigenvalue weighted by Crippen LogP contribution is -2.23. The lowest BCUT2D eigenvalue weighted by atomic mass is 10.0. The quantitative estimate of drug-likeness (QED) is 0.204. The van der Waals surface area contributed by atoms with Gasteiger partial charge in [-0.1, -0.05) is 35.5 Å². The normalized spacial score (nSPS) is 12.8. The molecule has 0 bridgehead atoms. The summed E-state index contributed by atoms with van der Waals surface area (Å²) in [5, 5.41) is 4.58. The number of hydrogen-bond acceptors (Lipinski definition) is 5. The van der Waals surface area contributed by atoms with Crippen molar-refractivity contribution in [3.05, 3.63) is 62.3 Å². The van der Waals surface area contributed by atoms with E-state index < -0.39 is 0 Å². The molecular weight excluding hydrogens is 438 g/mol. The van der Waals surface area contributed by atoms with Gasteiger partial charge in [0.15, 0.2) is 5.16 Å². The summed E-state index contributed by atoms with van der Waals surface area (Å²) >= 11 is 3.21. The Morgan fingerprint density at radius 1 is 1.28 bits per heavy atom. The highest BCUT2D eigenvalue weighted by atomic mass is 32.2. The van der Waals surface area contributed by atoms with Gasteiger partial charge in [-0.2, -0.15) is 0 Å². The number of carbonyl (C=O) groups excluding carboxylic acids is 1. The third kappa shape index (κ3) is 4.55. The Morgan fingerprint density at radius 3 is 2.75 bits per heavy atom. The van der Waals surface area contributed by atoms with Gasteiger partial charge < -0.3 is 5.32 Å². The number of thiophene rings is 1. The topological polar surface area (TPSA) is 64.0 Å². The Bertz CT molecular complexity index is 1230. The summed E-state index contributed by atoms with van der Waals surface area (Å²) in [5.41, 5.74) is 5.51. The first kappa shape index (κ1) is 22.8. The molecule has 1 aliphatic carbocycles. The van der Waals surface area contributed by atoms with Gasteiger partial charge >= 0.3 is 0 Å². The highest BCUT2D eigenvalue weighted by Gasteiger charge is 2.23. The number of nitrogens with one attached hydrogen (secondary N) is 1. The van der Waals surface area contributed by atoms with Crippen LogP contribution in [0.2, 0.25) is 0 Å². The molecule has 0 spiro atoms. The van der Waals surface area contributed by atoms with Crippen molar-refractivity contribution in [1.29, 1.82) is 0 Å². The van der Waals surface area contributed by atoms with Crippen LogP contribution in [0.25, 0.3) is 10.2 Å². The molecule has 1 aromatic carbocycles. The van der Waals surface area contributed by atoms with E-state index in [1.165, 1.54) is 16.0 Å². The number of thioether (sulfide) groups is 1. The second-order valence-electron chi connectivity index (χ2n) is 8.41. The molecule has 1 aliphatic rings. The molecule has 32 heavy (non-hydrogen) atoms. The minimum atomic E-state index is 0.0160. The van der Waals surface area contributed by atoms with Gasteiger partial charge in [0.1, 0.15) is 4.83 Å². The Balaban J connectivity index is 1.42. The summed E-state index contributed by atoms with van der Waals surface area (Å²) < 4.78 is 1.73. The number of fused-ring (bicyclic) bond motifs is 3. The molecule has 0 radical (unpaired) electrons. The molecule has 3 aromatic rings. The Labute approximate surface area is 197 Å². The fourth-order valence-corrected chi connectivity index (χ4v) is 6.68. The molecule has 1 N–H and O–H groups in total. The van der Waals surface area contributed by atoms with E-state index in [9.17, 15) is 9.59 Å². The molecule has 0 aliphatic heterocycles. The molecule has 7 heteroatoms. The number of nitrogens with zero attached hydrogens (tertiary/aromatic N) is 2. The van der Waals surface area contributed by atoms with Crippen molar-refractivity contribution < 1.29 is 4.79 Å². The maximum atomic E-state index is 13.2. The first-order valence-corrected chi connectivity index (χ1v) is 12.9. The highest BCUT2D eigenvalue weighted by molar-refractivity contribution is 7.99. The molecule has 0 unspecified atom stereocenters. The fourth-order valence-electron chi connectivity index (χ4n) is 4.43. The van der Waals surface area contributed by atoms with Crippen LogP contribution in [0.3, 0.4) is 0 Å². The summed E-state index contributed by atoms with van der Waals surface area (Å²) in [6.07, 6.45) is 6.03. The van der Waals surface area contributed by atoms with E-state index in [2.05, 4.69) is 31.0 Å². The number of amides is 1. The molecule has 168 valence electrons. The van der Waals surface area contributed by atoms with Gasteiger partial charge in [-0.3, -0.25) is 14.2 Å². The van der Waals surface area contributed by atoms with E-state index in [1.807, 2.05) is 13.8 Å². The Morgan fingerprint density at radius 2 is 2.03 bits per heavy atom. The number of aryl methyl sites for hydroxylation is 5. The summed E-state index contributed by atoms with van der Waals surface area (Å²) in [6.45, 7) is 10.4. The number of allylic oxidation sites excluding steroid dienone is 1. The van der Waals surface area contributed by atoms with E-state index in [-0.39, 0.29) is 11.5 Å². The second kappa shape index (κ2) is 9.63. The van der Waals surface area contributed by atoms with Crippen LogP contribution in [-0.4, -0.2) is 21.2 Å². The van der Waals surface area contributed by atoms with Crippen LogP contribution < -0.4 is 10.9 Å². The van der Waals surface area contributed by atoms with Crippen molar-refractivity contribution in [3.8, 4) is 0 Å². The summed E-state index contributed by atoms with van der Waals surface area (Å²) in [5.74, 6) is 0.738. The van der Waals surface area contributed by atoms with Crippen LogP contribution >= 0.6 is 23.1 Å². The van der Waals surface area contributed by atoms with Crippen molar-refractivity contribution in [2.75, 3.05) is 11.1 Å². The van der Waals surface area contributed by atoms with E-state index in [0.717, 1.165) is 52.0 Å².